The van der Waals surface area contributed by atoms with Crippen molar-refractivity contribution < 1.29 is 13.2 Å². The summed E-state index contributed by atoms with van der Waals surface area (Å²) in [4.78, 5) is 13.9. The van der Waals surface area contributed by atoms with Crippen molar-refractivity contribution in [2.75, 3.05) is 36.9 Å². The summed E-state index contributed by atoms with van der Waals surface area (Å²) >= 11 is 1.00. The molecule has 2 rings (SSSR count). The highest BCUT2D eigenvalue weighted by Crippen LogP contribution is 2.31. The van der Waals surface area contributed by atoms with Gasteiger partial charge < -0.3 is 16.0 Å². The molecule has 1 aliphatic heterocycles. The molecule has 0 aromatic carbocycles. The van der Waals surface area contributed by atoms with Crippen molar-refractivity contribution in [3.8, 4) is 0 Å². The van der Waals surface area contributed by atoms with Gasteiger partial charge in [0.15, 0.2) is 15.7 Å². The Labute approximate surface area is 128 Å². The summed E-state index contributed by atoms with van der Waals surface area (Å²) in [6.45, 7) is 2.02. The van der Waals surface area contributed by atoms with Crippen LogP contribution in [-0.2, 0) is 14.6 Å². The molecule has 9 heteroatoms. The number of carbonyl (C=O) groups is 1. The van der Waals surface area contributed by atoms with Gasteiger partial charge in [-0.3, -0.25) is 4.79 Å². The van der Waals surface area contributed by atoms with Crippen LogP contribution < -0.4 is 11.1 Å². The molecule has 1 aromatic heterocycles. The average molecular weight is 332 g/mol. The van der Waals surface area contributed by atoms with Crippen LogP contribution in [0, 0.1) is 0 Å². The Morgan fingerprint density at radius 3 is 2.67 bits per heavy atom. The molecule has 1 saturated heterocycles. The fourth-order valence-electron chi connectivity index (χ4n) is 2.35. The van der Waals surface area contributed by atoms with Gasteiger partial charge in [0, 0.05) is 32.3 Å². The first-order valence-corrected chi connectivity index (χ1v) is 9.53. The second-order valence-corrected chi connectivity index (χ2v) is 7.84. The van der Waals surface area contributed by atoms with Crippen molar-refractivity contribution in [1.29, 1.82) is 0 Å². The molecule has 118 valence electrons. The van der Waals surface area contributed by atoms with E-state index < -0.39 is 9.84 Å². The quantitative estimate of drug-likeness (QED) is 0.831. The predicted molar refractivity (Wildman–Crippen MR) is 83.2 cm³/mol. The van der Waals surface area contributed by atoms with Gasteiger partial charge in [0.2, 0.25) is 5.91 Å². The molecular formula is C12H20N4O3S2. The largest absolute Gasteiger partial charge is 0.382 e. The van der Waals surface area contributed by atoms with Gasteiger partial charge in [-0.15, -0.1) is 0 Å². The first kappa shape index (κ1) is 16.0. The Hall–Kier alpha value is -1.35. The molecule has 7 nitrogen and oxygen atoms in total. The zero-order valence-electron chi connectivity index (χ0n) is 12.0. The first-order chi connectivity index (χ1) is 9.89. The second-order valence-electron chi connectivity index (χ2n) is 5.12. The highest BCUT2D eigenvalue weighted by molar-refractivity contribution is 7.91. The minimum absolute atomic E-state index is 0.00681. The number of carbonyl (C=O) groups excluding carboxylic acids is 1. The van der Waals surface area contributed by atoms with E-state index in [1.807, 2.05) is 4.90 Å². The maximum Gasteiger partial charge on any atom is 0.224 e. The molecule has 0 radical (unpaired) electrons. The zero-order valence-corrected chi connectivity index (χ0v) is 13.6. The highest BCUT2D eigenvalue weighted by Gasteiger charge is 2.21. The van der Waals surface area contributed by atoms with Gasteiger partial charge in [-0.2, -0.15) is 4.37 Å². The molecule has 0 spiro atoms. The fourth-order valence-corrected chi connectivity index (χ4v) is 4.44. The maximum atomic E-state index is 12.0. The van der Waals surface area contributed by atoms with Gasteiger partial charge in [0.1, 0.15) is 9.90 Å². The third kappa shape index (κ3) is 4.07. The summed E-state index contributed by atoms with van der Waals surface area (Å²) in [5, 5.41) is 3.36. The number of anilines is 2. The number of nitrogens with zero attached hydrogens (tertiary/aromatic N) is 2. The third-order valence-corrected chi connectivity index (χ3v) is 5.48. The van der Waals surface area contributed by atoms with E-state index in [9.17, 15) is 13.2 Å². The Kier molecular flexibility index (Phi) is 5.04. The molecule has 1 fully saturated rings. The van der Waals surface area contributed by atoms with Gasteiger partial charge in [-0.05, 0) is 30.8 Å². The number of likely N-dealkylation sites (tertiary alicyclic amines) is 1. The minimum atomic E-state index is -3.43. The molecule has 3 N–H and O–H groups in total. The number of piperidine rings is 1. The Morgan fingerprint density at radius 1 is 1.38 bits per heavy atom. The van der Waals surface area contributed by atoms with E-state index in [1.54, 1.807) is 0 Å². The van der Waals surface area contributed by atoms with Crippen LogP contribution in [0.2, 0.25) is 0 Å². The first-order valence-electron chi connectivity index (χ1n) is 6.86. The molecule has 2 heterocycles. The van der Waals surface area contributed by atoms with E-state index in [0.29, 0.717) is 18.0 Å². The number of amides is 1. The summed E-state index contributed by atoms with van der Waals surface area (Å²) in [6.07, 6.45) is 4.73. The average Bonchev–Trinajstić information content (AvgIpc) is 2.80. The SMILES string of the molecule is CS(=O)(=O)c1c(N)nsc1NCCC(=O)N1CCCCC1. The van der Waals surface area contributed by atoms with Crippen LogP contribution in [0.4, 0.5) is 10.8 Å². The lowest BCUT2D eigenvalue weighted by molar-refractivity contribution is -0.131. The standard InChI is InChI=1S/C12H20N4O3S2/c1-21(18,19)10-11(13)15-20-12(10)14-6-5-9(17)16-7-3-2-4-8-16/h14H,2-8H2,1H3,(H2,13,15). The molecule has 0 atom stereocenters. The highest BCUT2D eigenvalue weighted by atomic mass is 32.2. The Bertz CT molecular complexity index is 606. The van der Waals surface area contributed by atoms with E-state index in [-0.39, 0.29) is 16.6 Å². The molecule has 0 saturated carbocycles. The number of sulfone groups is 1. The molecule has 0 aliphatic carbocycles. The van der Waals surface area contributed by atoms with Gasteiger partial charge in [-0.25, -0.2) is 8.42 Å². The molecule has 0 unspecified atom stereocenters. The molecule has 21 heavy (non-hydrogen) atoms. The molecule has 0 bridgehead atoms. The number of nitrogens with two attached hydrogens (primary N) is 1. The van der Waals surface area contributed by atoms with E-state index in [1.165, 1.54) is 6.42 Å². The molecule has 1 aromatic rings. The number of nitrogens with one attached hydrogen (secondary N) is 1. The monoisotopic (exact) mass is 332 g/mol. The molecule has 1 aliphatic rings. The van der Waals surface area contributed by atoms with Crippen molar-refractivity contribution in [2.45, 2.75) is 30.6 Å². The van der Waals surface area contributed by atoms with Gasteiger partial charge in [-0.1, -0.05) is 0 Å². The lowest BCUT2D eigenvalue weighted by Crippen LogP contribution is -2.36. The topological polar surface area (TPSA) is 105 Å². The minimum Gasteiger partial charge on any atom is -0.382 e. The Balaban J connectivity index is 1.91. The van der Waals surface area contributed by atoms with Crippen molar-refractivity contribution >= 4 is 38.1 Å². The van der Waals surface area contributed by atoms with Gasteiger partial charge in [0.05, 0.1) is 0 Å². The van der Waals surface area contributed by atoms with E-state index in [2.05, 4.69) is 9.69 Å². The lowest BCUT2D eigenvalue weighted by Gasteiger charge is -2.26. The van der Waals surface area contributed by atoms with Gasteiger partial charge in [0.25, 0.3) is 0 Å². The predicted octanol–water partition coefficient (Wildman–Crippen LogP) is 0.943. The lowest BCUT2D eigenvalue weighted by atomic mass is 10.1. The van der Waals surface area contributed by atoms with Crippen molar-refractivity contribution in [1.82, 2.24) is 9.27 Å². The van der Waals surface area contributed by atoms with Crippen molar-refractivity contribution in [3.63, 3.8) is 0 Å². The van der Waals surface area contributed by atoms with Crippen LogP contribution in [0.3, 0.4) is 0 Å². The van der Waals surface area contributed by atoms with Gasteiger partial charge >= 0.3 is 0 Å². The number of nitrogen functional groups attached to an aromatic ring is 1. The van der Waals surface area contributed by atoms with Crippen LogP contribution in [-0.4, -0.2) is 49.5 Å². The maximum absolute atomic E-state index is 12.0. The van der Waals surface area contributed by atoms with Crippen LogP contribution in [0.15, 0.2) is 4.90 Å². The van der Waals surface area contributed by atoms with Crippen LogP contribution in [0.1, 0.15) is 25.7 Å². The summed E-state index contributed by atoms with van der Waals surface area (Å²) < 4.78 is 27.2. The van der Waals surface area contributed by atoms with Crippen molar-refractivity contribution in [3.05, 3.63) is 0 Å². The molecule has 1 amide bonds. The third-order valence-electron chi connectivity index (χ3n) is 3.38. The number of aromatic nitrogens is 1. The van der Waals surface area contributed by atoms with Crippen LogP contribution in [0.5, 0.6) is 0 Å². The summed E-state index contributed by atoms with van der Waals surface area (Å²) in [7, 11) is -3.43. The molecular weight excluding hydrogens is 312 g/mol. The smallest absolute Gasteiger partial charge is 0.224 e. The van der Waals surface area contributed by atoms with Crippen LogP contribution >= 0.6 is 11.5 Å². The fraction of sp³-hybridized carbons (Fsp3) is 0.667. The second kappa shape index (κ2) is 6.61. The zero-order chi connectivity index (χ0) is 15.5. The number of hydrogen-bond donors (Lipinski definition) is 2. The van der Waals surface area contributed by atoms with Crippen molar-refractivity contribution in [2.24, 2.45) is 0 Å². The van der Waals surface area contributed by atoms with E-state index in [0.717, 1.165) is 43.7 Å². The summed E-state index contributed by atoms with van der Waals surface area (Å²) in [5.74, 6) is 0.105. The summed E-state index contributed by atoms with van der Waals surface area (Å²) in [6, 6.07) is 0. The van der Waals surface area contributed by atoms with E-state index >= 15 is 0 Å². The number of rotatable bonds is 5. The summed E-state index contributed by atoms with van der Waals surface area (Å²) in [5.41, 5.74) is 5.58. The van der Waals surface area contributed by atoms with E-state index in [4.69, 9.17) is 5.73 Å². The van der Waals surface area contributed by atoms with Crippen LogP contribution in [0.25, 0.3) is 0 Å². The normalized spacial score (nSPS) is 16.0. The Morgan fingerprint density at radius 2 is 2.05 bits per heavy atom. The number of hydrogen-bond acceptors (Lipinski definition) is 7.